The van der Waals surface area contributed by atoms with Crippen LogP contribution in [0.25, 0.3) is 0 Å². The lowest BCUT2D eigenvalue weighted by Gasteiger charge is -2.06. The molecule has 1 aromatic rings. The van der Waals surface area contributed by atoms with E-state index < -0.39 is 6.04 Å². The summed E-state index contributed by atoms with van der Waals surface area (Å²) in [6.45, 7) is 4.31. The Morgan fingerprint density at radius 2 is 2.29 bits per heavy atom. The van der Waals surface area contributed by atoms with E-state index in [1.807, 2.05) is 13.8 Å². The minimum atomic E-state index is -0.547. The molecule has 92 valence electrons. The van der Waals surface area contributed by atoms with Crippen molar-refractivity contribution in [2.75, 3.05) is 11.9 Å². The van der Waals surface area contributed by atoms with Gasteiger partial charge >= 0.3 is 6.03 Å². The van der Waals surface area contributed by atoms with Gasteiger partial charge in [0.15, 0.2) is 0 Å². The maximum absolute atomic E-state index is 11.7. The zero-order valence-corrected chi connectivity index (χ0v) is 10.3. The number of hydrogen-bond acceptors (Lipinski definition) is 5. The van der Waals surface area contributed by atoms with Crippen molar-refractivity contribution in [2.24, 2.45) is 0 Å². The average molecular weight is 255 g/mol. The summed E-state index contributed by atoms with van der Waals surface area (Å²) in [5, 5.41) is 16.8. The molecule has 1 atom stereocenters. The molecule has 0 aliphatic carbocycles. The van der Waals surface area contributed by atoms with Gasteiger partial charge < -0.3 is 10.6 Å². The number of amides is 3. The van der Waals surface area contributed by atoms with Gasteiger partial charge in [-0.25, -0.2) is 4.79 Å². The van der Waals surface area contributed by atoms with Crippen molar-refractivity contribution < 1.29 is 9.59 Å². The molecule has 1 saturated heterocycles. The molecule has 0 spiro atoms. The second kappa shape index (κ2) is 4.66. The molecule has 0 bridgehead atoms. The summed E-state index contributed by atoms with van der Waals surface area (Å²) in [7, 11) is 0. The Morgan fingerprint density at radius 1 is 1.53 bits per heavy atom. The van der Waals surface area contributed by atoms with Crippen LogP contribution in [0.4, 0.5) is 9.93 Å². The smallest absolute Gasteiger partial charge is 0.315 e. The second-order valence-corrected chi connectivity index (χ2v) is 5.01. The molecule has 2 rings (SSSR count). The van der Waals surface area contributed by atoms with Gasteiger partial charge in [-0.3, -0.25) is 10.1 Å². The van der Waals surface area contributed by atoms with Crippen molar-refractivity contribution in [1.82, 2.24) is 20.8 Å². The third kappa shape index (κ3) is 2.70. The molecule has 3 N–H and O–H groups in total. The number of nitrogens with one attached hydrogen (secondary N) is 3. The third-order valence-corrected chi connectivity index (χ3v) is 3.39. The predicted molar refractivity (Wildman–Crippen MR) is 63.0 cm³/mol. The van der Waals surface area contributed by atoms with Crippen LogP contribution < -0.4 is 16.0 Å². The minimum Gasteiger partial charge on any atom is -0.336 e. The van der Waals surface area contributed by atoms with E-state index >= 15 is 0 Å². The highest BCUT2D eigenvalue weighted by molar-refractivity contribution is 7.15. The maximum atomic E-state index is 11.7. The van der Waals surface area contributed by atoms with Crippen LogP contribution >= 0.6 is 11.3 Å². The first-order chi connectivity index (χ1) is 8.06. The zero-order chi connectivity index (χ0) is 12.4. The van der Waals surface area contributed by atoms with Crippen LogP contribution in [0.1, 0.15) is 24.8 Å². The Morgan fingerprint density at radius 3 is 2.82 bits per heavy atom. The van der Waals surface area contributed by atoms with Crippen LogP contribution in [-0.4, -0.2) is 34.7 Å². The van der Waals surface area contributed by atoms with Crippen molar-refractivity contribution in [3.8, 4) is 0 Å². The van der Waals surface area contributed by atoms with Crippen LogP contribution in [0.15, 0.2) is 0 Å². The van der Waals surface area contributed by atoms with E-state index in [1.165, 1.54) is 11.3 Å². The number of carbonyl (C=O) groups excluding carboxylic acids is 2. The molecule has 0 radical (unpaired) electrons. The van der Waals surface area contributed by atoms with Gasteiger partial charge in [-0.2, -0.15) is 0 Å². The summed E-state index contributed by atoms with van der Waals surface area (Å²) in [5.41, 5.74) is 0. The van der Waals surface area contributed by atoms with E-state index in [0.29, 0.717) is 11.7 Å². The fraction of sp³-hybridized carbons (Fsp3) is 0.556. The van der Waals surface area contributed by atoms with Crippen LogP contribution in [0, 0.1) is 0 Å². The molecule has 3 amide bonds. The lowest BCUT2D eigenvalue weighted by Crippen LogP contribution is -2.38. The fourth-order valence-corrected chi connectivity index (χ4v) is 2.07. The van der Waals surface area contributed by atoms with Crippen molar-refractivity contribution in [3.63, 3.8) is 0 Å². The van der Waals surface area contributed by atoms with Crippen molar-refractivity contribution in [3.05, 3.63) is 5.01 Å². The summed E-state index contributed by atoms with van der Waals surface area (Å²) in [5.74, 6) is 0.000748. The fourth-order valence-electron chi connectivity index (χ4n) is 1.32. The molecule has 1 aliphatic heterocycles. The number of urea groups is 1. The summed E-state index contributed by atoms with van der Waals surface area (Å²) >= 11 is 1.34. The molecule has 1 aromatic heterocycles. The standard InChI is InChI=1S/C9H13N5O2S/c1-4(2)7-13-14-9(17-7)12-6(15)5-3-10-8(16)11-5/h4-5H,3H2,1-2H3,(H2,10,11,16)(H,12,14,15)/t5-/m0/s1. The first-order valence-corrected chi connectivity index (χ1v) is 6.06. The SMILES string of the molecule is CC(C)c1nnc(NC(=O)[C@@H]2CNC(=O)N2)s1. The number of hydrogen-bond donors (Lipinski definition) is 3. The molecule has 0 aromatic carbocycles. The molecule has 8 heteroatoms. The number of rotatable bonds is 3. The topological polar surface area (TPSA) is 96.0 Å². The van der Waals surface area contributed by atoms with E-state index in [9.17, 15) is 9.59 Å². The van der Waals surface area contributed by atoms with Crippen LogP contribution in [0.2, 0.25) is 0 Å². The Labute approximate surface area is 102 Å². The van der Waals surface area contributed by atoms with E-state index in [2.05, 4.69) is 26.1 Å². The number of nitrogens with zero attached hydrogens (tertiary/aromatic N) is 2. The molecule has 1 aliphatic rings. The molecular formula is C9H13N5O2S. The lowest BCUT2D eigenvalue weighted by molar-refractivity contribution is -0.117. The molecular weight excluding hydrogens is 242 g/mol. The highest BCUT2D eigenvalue weighted by Gasteiger charge is 2.27. The van der Waals surface area contributed by atoms with Gasteiger partial charge in [0.1, 0.15) is 11.0 Å². The number of anilines is 1. The first kappa shape index (κ1) is 11.8. The first-order valence-electron chi connectivity index (χ1n) is 5.25. The molecule has 0 unspecified atom stereocenters. The average Bonchev–Trinajstić information content (AvgIpc) is 2.86. The highest BCUT2D eigenvalue weighted by atomic mass is 32.1. The van der Waals surface area contributed by atoms with Gasteiger partial charge in [0.2, 0.25) is 5.13 Å². The maximum Gasteiger partial charge on any atom is 0.315 e. The van der Waals surface area contributed by atoms with E-state index in [0.717, 1.165) is 5.01 Å². The van der Waals surface area contributed by atoms with Crippen molar-refractivity contribution >= 4 is 28.4 Å². The molecule has 0 saturated carbocycles. The quantitative estimate of drug-likeness (QED) is 0.723. The monoisotopic (exact) mass is 255 g/mol. The summed E-state index contributed by atoms with van der Waals surface area (Å²) in [6.07, 6.45) is 0. The van der Waals surface area contributed by atoms with E-state index in [1.54, 1.807) is 0 Å². The Bertz CT molecular complexity index is 444. The molecule has 2 heterocycles. The van der Waals surface area contributed by atoms with Gasteiger partial charge in [-0.05, 0) is 0 Å². The van der Waals surface area contributed by atoms with Gasteiger partial charge in [0.25, 0.3) is 5.91 Å². The Hall–Kier alpha value is -1.70. The second-order valence-electron chi connectivity index (χ2n) is 4.00. The number of carbonyl (C=O) groups is 2. The van der Waals surface area contributed by atoms with E-state index in [-0.39, 0.29) is 17.9 Å². The molecule has 17 heavy (non-hydrogen) atoms. The summed E-state index contributed by atoms with van der Waals surface area (Å²) in [4.78, 5) is 22.6. The van der Waals surface area contributed by atoms with Gasteiger partial charge in [-0.1, -0.05) is 25.2 Å². The largest absolute Gasteiger partial charge is 0.336 e. The third-order valence-electron chi connectivity index (χ3n) is 2.25. The normalized spacial score (nSPS) is 19.0. The van der Waals surface area contributed by atoms with Gasteiger partial charge in [0, 0.05) is 12.5 Å². The minimum absolute atomic E-state index is 0.283. The van der Waals surface area contributed by atoms with Gasteiger partial charge in [-0.15, -0.1) is 10.2 Å². The van der Waals surface area contributed by atoms with E-state index in [4.69, 9.17) is 0 Å². The van der Waals surface area contributed by atoms with Crippen molar-refractivity contribution in [1.29, 1.82) is 0 Å². The zero-order valence-electron chi connectivity index (χ0n) is 9.48. The number of aromatic nitrogens is 2. The summed E-state index contributed by atoms with van der Waals surface area (Å²) in [6, 6.07) is -0.876. The van der Waals surface area contributed by atoms with Gasteiger partial charge in [0.05, 0.1) is 0 Å². The Kier molecular flexibility index (Phi) is 3.23. The van der Waals surface area contributed by atoms with Crippen LogP contribution in [-0.2, 0) is 4.79 Å². The molecule has 1 fully saturated rings. The van der Waals surface area contributed by atoms with Crippen LogP contribution in [0.3, 0.4) is 0 Å². The Balaban J connectivity index is 1.96. The molecule has 7 nitrogen and oxygen atoms in total. The lowest BCUT2D eigenvalue weighted by atomic mass is 10.2. The van der Waals surface area contributed by atoms with Crippen LogP contribution in [0.5, 0.6) is 0 Å². The van der Waals surface area contributed by atoms with Crippen molar-refractivity contribution in [2.45, 2.75) is 25.8 Å². The summed E-state index contributed by atoms with van der Waals surface area (Å²) < 4.78 is 0. The highest BCUT2D eigenvalue weighted by Crippen LogP contribution is 2.22. The predicted octanol–water partition coefficient (Wildman–Crippen LogP) is 0.281.